The molecule has 4 aromatic rings. The zero-order valence-electron chi connectivity index (χ0n) is 22.7. The third-order valence-electron chi connectivity index (χ3n) is 6.29. The maximum Gasteiger partial charge on any atom is 0.264 e. The van der Waals surface area contributed by atoms with Crippen LogP contribution in [0, 0.1) is 20.8 Å². The number of halogens is 3. The maximum atomic E-state index is 13.7. The Morgan fingerprint density at radius 3 is 2.29 bits per heavy atom. The molecule has 0 spiro atoms. The Kier molecular flexibility index (Phi) is 9.48. The third-order valence-corrected chi connectivity index (χ3v) is 9.12. The van der Waals surface area contributed by atoms with Gasteiger partial charge in [-0.2, -0.15) is 5.10 Å². The smallest absolute Gasteiger partial charge is 0.264 e. The lowest BCUT2D eigenvalue weighted by Gasteiger charge is -2.24. The Hall–Kier alpha value is -3.31. The molecule has 0 saturated heterocycles. The maximum absolute atomic E-state index is 13.7. The average molecular weight is 678 g/mol. The van der Waals surface area contributed by atoms with E-state index in [4.69, 9.17) is 27.9 Å². The number of ether oxygens (including phenoxy) is 1. The van der Waals surface area contributed by atoms with Crippen LogP contribution in [0.4, 0.5) is 5.69 Å². The molecule has 1 heterocycles. The van der Waals surface area contributed by atoms with Crippen LogP contribution in [0.3, 0.4) is 0 Å². The quantitative estimate of drug-likeness (QED) is 0.155. The second-order valence-corrected chi connectivity index (χ2v) is 12.8. The Morgan fingerprint density at radius 1 is 1.02 bits per heavy atom. The summed E-state index contributed by atoms with van der Waals surface area (Å²) >= 11 is 15.7. The molecule has 1 N–H and O–H groups in total. The van der Waals surface area contributed by atoms with Crippen LogP contribution in [0.2, 0.25) is 10.0 Å². The number of anilines is 1. The van der Waals surface area contributed by atoms with Crippen LogP contribution >= 0.6 is 39.1 Å². The van der Waals surface area contributed by atoms with Crippen molar-refractivity contribution in [2.24, 2.45) is 5.10 Å². The Bertz CT molecular complexity index is 1720. The number of hydrazone groups is 1. The van der Waals surface area contributed by atoms with E-state index in [1.807, 2.05) is 31.4 Å². The van der Waals surface area contributed by atoms with Gasteiger partial charge in [0.05, 0.1) is 28.4 Å². The first-order chi connectivity index (χ1) is 19.4. The second-order valence-electron chi connectivity index (χ2n) is 9.23. The number of benzene rings is 3. The first-order valence-corrected chi connectivity index (χ1v) is 15.3. The van der Waals surface area contributed by atoms with E-state index in [0.717, 1.165) is 32.5 Å². The standard InChI is InChI=1S/C29H27BrCl2N4O4S/c1-18-5-7-24(8-6-18)35(41(38,39)26-9-10-28(40-4)27(30)15-26)17-29(37)34-33-16-21-11-19(2)36(20(21)3)25-13-22(31)12-23(32)14-25/h5-16H,17H2,1-4H3,(H,34,37)/b33-16-. The fourth-order valence-corrected chi connectivity index (χ4v) is 6.94. The van der Waals surface area contributed by atoms with Gasteiger partial charge in [0.1, 0.15) is 12.3 Å². The molecule has 214 valence electrons. The molecule has 0 saturated carbocycles. The molecule has 41 heavy (non-hydrogen) atoms. The molecule has 1 amide bonds. The first kappa shape index (κ1) is 30.6. The second kappa shape index (κ2) is 12.7. The summed E-state index contributed by atoms with van der Waals surface area (Å²) in [5.41, 5.74) is 7.06. The van der Waals surface area contributed by atoms with Crippen molar-refractivity contribution in [3.05, 3.63) is 104 Å². The number of rotatable bonds is 9. The highest BCUT2D eigenvalue weighted by Crippen LogP contribution is 2.31. The SMILES string of the molecule is COc1ccc(S(=O)(=O)N(CC(=O)N/N=C\c2cc(C)n(-c3cc(Cl)cc(Cl)c3)c2C)c2ccc(C)cc2)cc1Br. The minimum atomic E-state index is -4.12. The predicted octanol–water partition coefficient (Wildman–Crippen LogP) is 6.83. The number of sulfonamides is 1. The highest BCUT2D eigenvalue weighted by molar-refractivity contribution is 9.10. The number of methoxy groups -OCH3 is 1. The molecule has 1 aromatic heterocycles. The summed E-state index contributed by atoms with van der Waals surface area (Å²) in [6.07, 6.45) is 1.51. The zero-order chi connectivity index (χ0) is 29.9. The number of hydrogen-bond donors (Lipinski definition) is 1. The van der Waals surface area contributed by atoms with E-state index >= 15 is 0 Å². The lowest BCUT2D eigenvalue weighted by molar-refractivity contribution is -0.119. The van der Waals surface area contributed by atoms with Crippen LogP contribution in [0.5, 0.6) is 5.75 Å². The number of hydrogen-bond acceptors (Lipinski definition) is 5. The third kappa shape index (κ3) is 6.95. The highest BCUT2D eigenvalue weighted by atomic mass is 79.9. The van der Waals surface area contributed by atoms with Crippen molar-refractivity contribution in [2.75, 3.05) is 18.0 Å². The lowest BCUT2D eigenvalue weighted by Crippen LogP contribution is -2.39. The summed E-state index contributed by atoms with van der Waals surface area (Å²) in [6.45, 7) is 5.23. The van der Waals surface area contributed by atoms with Crippen molar-refractivity contribution in [1.82, 2.24) is 9.99 Å². The average Bonchev–Trinajstić information content (AvgIpc) is 3.19. The summed E-state index contributed by atoms with van der Waals surface area (Å²) < 4.78 is 36.1. The number of amides is 1. The molecule has 12 heteroatoms. The molecular formula is C29H27BrCl2N4O4S. The van der Waals surface area contributed by atoms with Crippen molar-refractivity contribution in [3.63, 3.8) is 0 Å². The molecule has 0 aliphatic rings. The van der Waals surface area contributed by atoms with Crippen LogP contribution < -0.4 is 14.5 Å². The molecule has 0 unspecified atom stereocenters. The fourth-order valence-electron chi connectivity index (χ4n) is 4.28. The Balaban J connectivity index is 1.57. The van der Waals surface area contributed by atoms with Crippen LogP contribution in [0.15, 0.2) is 81.2 Å². The summed E-state index contributed by atoms with van der Waals surface area (Å²) in [6, 6.07) is 18.4. The Labute approximate surface area is 257 Å². The topological polar surface area (TPSA) is 93.0 Å². The Morgan fingerprint density at radius 2 is 1.68 bits per heavy atom. The number of nitrogens with zero attached hydrogens (tertiary/aromatic N) is 3. The zero-order valence-corrected chi connectivity index (χ0v) is 26.6. The van der Waals surface area contributed by atoms with Crippen molar-refractivity contribution < 1.29 is 17.9 Å². The molecule has 0 aliphatic carbocycles. The molecule has 0 aliphatic heterocycles. The molecule has 0 atom stereocenters. The summed E-state index contributed by atoms with van der Waals surface area (Å²) in [5.74, 6) is -0.135. The summed E-state index contributed by atoms with van der Waals surface area (Å²) in [4.78, 5) is 13.0. The molecule has 0 fully saturated rings. The van der Waals surface area contributed by atoms with Crippen molar-refractivity contribution in [2.45, 2.75) is 25.7 Å². The van der Waals surface area contributed by atoms with Crippen molar-refractivity contribution in [1.29, 1.82) is 0 Å². The minimum Gasteiger partial charge on any atom is -0.496 e. The number of aryl methyl sites for hydroxylation is 2. The number of aromatic nitrogens is 1. The van der Waals surface area contributed by atoms with Gasteiger partial charge in [0.25, 0.3) is 15.9 Å². The van der Waals surface area contributed by atoms with Gasteiger partial charge in [0.15, 0.2) is 0 Å². The fraction of sp³-hybridized carbons (Fsp3) is 0.172. The van der Waals surface area contributed by atoms with Gasteiger partial charge in [-0.3, -0.25) is 9.10 Å². The van der Waals surface area contributed by atoms with E-state index in [1.165, 1.54) is 25.5 Å². The number of carbonyl (C=O) groups is 1. The summed E-state index contributed by atoms with van der Waals surface area (Å²) in [7, 11) is -2.63. The van der Waals surface area contributed by atoms with Gasteiger partial charge in [0, 0.05) is 32.7 Å². The van der Waals surface area contributed by atoms with Gasteiger partial charge in [-0.15, -0.1) is 0 Å². The molecule has 0 radical (unpaired) electrons. The van der Waals surface area contributed by atoms with E-state index in [1.54, 1.807) is 48.5 Å². The van der Waals surface area contributed by atoms with E-state index < -0.39 is 22.5 Å². The molecular weight excluding hydrogens is 651 g/mol. The van der Waals surface area contributed by atoms with Gasteiger partial charge >= 0.3 is 0 Å². The van der Waals surface area contributed by atoms with Crippen LogP contribution in [0.25, 0.3) is 5.69 Å². The van der Waals surface area contributed by atoms with Gasteiger partial charge in [-0.05, 0) is 91.3 Å². The first-order valence-electron chi connectivity index (χ1n) is 12.3. The van der Waals surface area contributed by atoms with E-state index in [9.17, 15) is 13.2 Å². The number of carbonyl (C=O) groups excluding carboxylic acids is 1. The summed E-state index contributed by atoms with van der Waals surface area (Å²) in [5, 5.41) is 5.13. The number of nitrogens with one attached hydrogen (secondary N) is 1. The normalized spacial score (nSPS) is 11.6. The van der Waals surface area contributed by atoms with E-state index in [-0.39, 0.29) is 4.90 Å². The van der Waals surface area contributed by atoms with E-state index in [2.05, 4.69) is 26.5 Å². The van der Waals surface area contributed by atoms with Crippen LogP contribution in [-0.4, -0.2) is 38.8 Å². The van der Waals surface area contributed by atoms with E-state index in [0.29, 0.717) is 26.0 Å². The van der Waals surface area contributed by atoms with Gasteiger partial charge < -0.3 is 9.30 Å². The van der Waals surface area contributed by atoms with Gasteiger partial charge in [-0.25, -0.2) is 13.8 Å². The molecule has 3 aromatic carbocycles. The minimum absolute atomic E-state index is 0.00406. The van der Waals surface area contributed by atoms with Crippen LogP contribution in [-0.2, 0) is 14.8 Å². The van der Waals surface area contributed by atoms with Crippen LogP contribution in [0.1, 0.15) is 22.5 Å². The van der Waals surface area contributed by atoms with Crippen molar-refractivity contribution in [3.8, 4) is 11.4 Å². The molecule has 8 nitrogen and oxygen atoms in total. The lowest BCUT2D eigenvalue weighted by atomic mass is 10.2. The predicted molar refractivity (Wildman–Crippen MR) is 167 cm³/mol. The molecule has 4 rings (SSSR count). The van der Waals surface area contributed by atoms with Gasteiger partial charge in [0.2, 0.25) is 0 Å². The molecule has 0 bridgehead atoms. The van der Waals surface area contributed by atoms with Crippen molar-refractivity contribution >= 4 is 67.0 Å². The largest absolute Gasteiger partial charge is 0.496 e. The monoisotopic (exact) mass is 676 g/mol. The highest BCUT2D eigenvalue weighted by Gasteiger charge is 2.28. The van der Waals surface area contributed by atoms with Gasteiger partial charge in [-0.1, -0.05) is 40.9 Å².